The summed E-state index contributed by atoms with van der Waals surface area (Å²) in [6, 6.07) is 0. The highest BCUT2D eigenvalue weighted by Crippen LogP contribution is 2.34. The smallest absolute Gasteiger partial charge is 0.141 e. The van der Waals surface area contributed by atoms with Crippen LogP contribution >= 0.6 is 11.3 Å². The van der Waals surface area contributed by atoms with Gasteiger partial charge in [0, 0.05) is 13.1 Å². The second-order valence-corrected chi connectivity index (χ2v) is 6.62. The first-order chi connectivity index (χ1) is 9.52. The topological polar surface area (TPSA) is 38.2 Å². The van der Waals surface area contributed by atoms with E-state index in [-0.39, 0.29) is 5.60 Å². The largest absolute Gasteiger partial charge is 0.372 e. The van der Waals surface area contributed by atoms with E-state index in [4.69, 9.17) is 9.72 Å². The average Bonchev–Trinajstić information content (AvgIpc) is 2.79. The van der Waals surface area contributed by atoms with Crippen molar-refractivity contribution in [3.63, 3.8) is 0 Å². The Morgan fingerprint density at radius 3 is 2.95 bits per heavy atom. The summed E-state index contributed by atoms with van der Waals surface area (Å²) in [5, 5.41) is 3.38. The lowest BCUT2D eigenvalue weighted by atomic mass is 10.0. The van der Waals surface area contributed by atoms with Crippen molar-refractivity contribution >= 4 is 27.4 Å². The Labute approximate surface area is 123 Å². The number of rotatable bonds is 2. The molecule has 2 aromatic heterocycles. The molecule has 0 saturated carbocycles. The minimum absolute atomic E-state index is 0.0760. The Kier molecular flexibility index (Phi) is 3.42. The lowest BCUT2D eigenvalue weighted by Crippen LogP contribution is -2.50. The number of thiophene rings is 1. The first kappa shape index (κ1) is 13.8. The van der Waals surface area contributed by atoms with Crippen molar-refractivity contribution in [3.8, 4) is 0 Å². The van der Waals surface area contributed by atoms with Crippen LogP contribution in [0.1, 0.15) is 31.7 Å². The van der Waals surface area contributed by atoms with Gasteiger partial charge in [0.05, 0.1) is 17.6 Å². The van der Waals surface area contributed by atoms with Crippen molar-refractivity contribution in [1.82, 2.24) is 9.97 Å². The Balaban J connectivity index is 2.07. The van der Waals surface area contributed by atoms with Gasteiger partial charge >= 0.3 is 0 Å². The first-order valence-electron chi connectivity index (χ1n) is 7.14. The molecule has 1 aliphatic rings. The second-order valence-electron chi connectivity index (χ2n) is 5.77. The molecule has 0 N–H and O–H groups in total. The summed E-state index contributed by atoms with van der Waals surface area (Å²) in [4.78, 5) is 12.7. The minimum atomic E-state index is -0.0760. The number of nitrogens with zero attached hydrogens (tertiary/aromatic N) is 3. The number of aryl methyl sites for hydroxylation is 2. The number of ether oxygens (including phenoxy) is 1. The Morgan fingerprint density at radius 2 is 2.20 bits per heavy atom. The minimum Gasteiger partial charge on any atom is -0.372 e. The summed E-state index contributed by atoms with van der Waals surface area (Å²) >= 11 is 1.70. The maximum Gasteiger partial charge on any atom is 0.141 e. The molecule has 0 aromatic carbocycles. The Morgan fingerprint density at radius 1 is 1.40 bits per heavy atom. The van der Waals surface area contributed by atoms with Gasteiger partial charge in [-0.15, -0.1) is 11.3 Å². The van der Waals surface area contributed by atoms with Crippen LogP contribution in [0, 0.1) is 13.8 Å². The van der Waals surface area contributed by atoms with Gasteiger partial charge in [0.15, 0.2) is 0 Å². The maximum atomic E-state index is 5.94. The first-order valence-corrected chi connectivity index (χ1v) is 8.02. The van der Waals surface area contributed by atoms with Gasteiger partial charge in [-0.05, 0) is 38.1 Å². The molecule has 1 saturated heterocycles. The molecule has 1 atom stereocenters. The molecular formula is C15H21N3OS. The highest BCUT2D eigenvalue weighted by molar-refractivity contribution is 7.17. The van der Waals surface area contributed by atoms with E-state index in [1.54, 1.807) is 11.3 Å². The molecule has 0 aliphatic carbocycles. The molecule has 20 heavy (non-hydrogen) atoms. The van der Waals surface area contributed by atoms with Gasteiger partial charge in [-0.2, -0.15) is 0 Å². The van der Waals surface area contributed by atoms with E-state index in [1.165, 1.54) is 10.9 Å². The van der Waals surface area contributed by atoms with Crippen LogP contribution in [-0.4, -0.2) is 35.3 Å². The van der Waals surface area contributed by atoms with E-state index in [2.05, 4.69) is 36.0 Å². The fourth-order valence-corrected chi connectivity index (χ4v) is 3.68. The highest BCUT2D eigenvalue weighted by Gasteiger charge is 2.32. The van der Waals surface area contributed by atoms with Crippen molar-refractivity contribution in [2.24, 2.45) is 0 Å². The fourth-order valence-electron chi connectivity index (χ4n) is 2.72. The summed E-state index contributed by atoms with van der Waals surface area (Å²) in [6.07, 6.45) is 1.01. The van der Waals surface area contributed by atoms with Gasteiger partial charge in [-0.3, -0.25) is 0 Å². The van der Waals surface area contributed by atoms with Gasteiger partial charge in [0.1, 0.15) is 16.5 Å². The summed E-state index contributed by atoms with van der Waals surface area (Å²) in [5.74, 6) is 1.92. The van der Waals surface area contributed by atoms with E-state index < -0.39 is 0 Å². The van der Waals surface area contributed by atoms with Crippen molar-refractivity contribution in [3.05, 3.63) is 16.8 Å². The molecule has 0 radical (unpaired) electrons. The molecule has 0 amide bonds. The summed E-state index contributed by atoms with van der Waals surface area (Å²) in [6.45, 7) is 11.0. The number of morpholine rings is 1. The third-order valence-corrected chi connectivity index (χ3v) is 5.08. The SMILES string of the molecule is CCC1(C)CN(c2nc(C)nc3scc(C)c23)CCO1. The maximum absolute atomic E-state index is 5.94. The summed E-state index contributed by atoms with van der Waals surface area (Å²) < 4.78 is 5.94. The molecule has 1 fully saturated rings. The normalized spacial score (nSPS) is 23.5. The molecule has 5 heteroatoms. The van der Waals surface area contributed by atoms with Crippen LogP contribution in [-0.2, 0) is 4.74 Å². The third-order valence-electron chi connectivity index (χ3n) is 4.09. The van der Waals surface area contributed by atoms with E-state index >= 15 is 0 Å². The van der Waals surface area contributed by atoms with Crippen LogP contribution < -0.4 is 4.90 Å². The lowest BCUT2D eigenvalue weighted by Gasteiger charge is -2.40. The van der Waals surface area contributed by atoms with Crippen LogP contribution in [0.5, 0.6) is 0 Å². The number of aromatic nitrogens is 2. The van der Waals surface area contributed by atoms with Gasteiger partial charge < -0.3 is 9.64 Å². The zero-order valence-electron chi connectivity index (χ0n) is 12.6. The van der Waals surface area contributed by atoms with Crippen molar-refractivity contribution in [2.45, 2.75) is 39.7 Å². The van der Waals surface area contributed by atoms with Crippen molar-refractivity contribution < 1.29 is 4.74 Å². The number of anilines is 1. The standard InChI is InChI=1S/C15H21N3OS/c1-5-15(4)9-18(6-7-19-15)13-12-10(2)8-20-14(12)17-11(3)16-13/h8H,5-7,9H2,1-4H3. The van der Waals surface area contributed by atoms with Gasteiger partial charge in [0.25, 0.3) is 0 Å². The molecule has 108 valence electrons. The van der Waals surface area contributed by atoms with Gasteiger partial charge in [0.2, 0.25) is 0 Å². The predicted molar refractivity (Wildman–Crippen MR) is 83.8 cm³/mol. The van der Waals surface area contributed by atoms with Gasteiger partial charge in [-0.1, -0.05) is 6.92 Å². The second kappa shape index (κ2) is 4.97. The zero-order chi connectivity index (χ0) is 14.3. The van der Waals surface area contributed by atoms with Crippen molar-refractivity contribution in [2.75, 3.05) is 24.6 Å². The number of hydrogen-bond donors (Lipinski definition) is 0. The molecule has 2 aromatic rings. The van der Waals surface area contributed by atoms with Gasteiger partial charge in [-0.25, -0.2) is 9.97 Å². The van der Waals surface area contributed by atoms with E-state index in [0.29, 0.717) is 0 Å². The monoisotopic (exact) mass is 291 g/mol. The molecule has 3 rings (SSSR count). The zero-order valence-corrected chi connectivity index (χ0v) is 13.4. The van der Waals surface area contributed by atoms with Crippen LogP contribution in [0.2, 0.25) is 0 Å². The molecule has 1 aliphatic heterocycles. The number of fused-ring (bicyclic) bond motifs is 1. The Hall–Kier alpha value is -1.20. The van der Waals surface area contributed by atoms with Crippen LogP contribution in [0.15, 0.2) is 5.38 Å². The van der Waals surface area contributed by atoms with E-state index in [9.17, 15) is 0 Å². The molecule has 1 unspecified atom stereocenters. The molecule has 0 bridgehead atoms. The molecule has 0 spiro atoms. The lowest BCUT2D eigenvalue weighted by molar-refractivity contribution is -0.0442. The molecular weight excluding hydrogens is 270 g/mol. The van der Waals surface area contributed by atoms with E-state index in [1.807, 2.05) is 6.92 Å². The highest BCUT2D eigenvalue weighted by atomic mass is 32.1. The summed E-state index contributed by atoms with van der Waals surface area (Å²) in [7, 11) is 0. The van der Waals surface area contributed by atoms with Crippen LogP contribution in [0.4, 0.5) is 5.82 Å². The fraction of sp³-hybridized carbons (Fsp3) is 0.600. The molecule has 4 nitrogen and oxygen atoms in total. The van der Waals surface area contributed by atoms with Crippen LogP contribution in [0.25, 0.3) is 10.2 Å². The number of hydrogen-bond acceptors (Lipinski definition) is 5. The van der Waals surface area contributed by atoms with Crippen LogP contribution in [0.3, 0.4) is 0 Å². The summed E-state index contributed by atoms with van der Waals surface area (Å²) in [5.41, 5.74) is 1.19. The van der Waals surface area contributed by atoms with E-state index in [0.717, 1.165) is 42.6 Å². The average molecular weight is 291 g/mol. The van der Waals surface area contributed by atoms with Crippen molar-refractivity contribution in [1.29, 1.82) is 0 Å². The quantitative estimate of drug-likeness (QED) is 0.851. The predicted octanol–water partition coefficient (Wildman–Crippen LogP) is 3.31. The third kappa shape index (κ3) is 2.29. The Bertz CT molecular complexity index is 639. The molecule has 3 heterocycles.